The molecule has 4 nitrogen and oxygen atoms in total. The Labute approximate surface area is 135 Å². The van der Waals surface area contributed by atoms with Crippen molar-refractivity contribution < 1.29 is 13.2 Å². The Morgan fingerprint density at radius 2 is 1.86 bits per heavy atom. The summed E-state index contributed by atoms with van der Waals surface area (Å²) in [6.07, 6.45) is 0.234. The van der Waals surface area contributed by atoms with Gasteiger partial charge in [-0.25, -0.2) is 8.42 Å². The van der Waals surface area contributed by atoms with Crippen molar-refractivity contribution in [2.75, 3.05) is 25.4 Å². The van der Waals surface area contributed by atoms with E-state index in [1.807, 2.05) is 13.8 Å². The fourth-order valence-electron chi connectivity index (χ4n) is 2.54. The summed E-state index contributed by atoms with van der Waals surface area (Å²) in [6, 6.07) is 4.49. The fraction of sp³-hybridized carbons (Fsp3) is 0.571. The molecule has 118 valence electrons. The lowest BCUT2D eigenvalue weighted by Crippen LogP contribution is -2.46. The summed E-state index contributed by atoms with van der Waals surface area (Å²) in [6.45, 7) is 5.92. The predicted octanol–water partition coefficient (Wildman–Crippen LogP) is 2.88. The molecule has 0 aliphatic carbocycles. The highest BCUT2D eigenvalue weighted by molar-refractivity contribution is 7.91. The molecular weight excluding hydrogens is 333 g/mol. The van der Waals surface area contributed by atoms with Crippen molar-refractivity contribution >= 4 is 33.0 Å². The first-order valence-electron chi connectivity index (χ1n) is 6.83. The highest BCUT2D eigenvalue weighted by atomic mass is 35.5. The minimum Gasteiger partial charge on any atom is -0.373 e. The number of hydrogen-bond acceptors (Lipinski definition) is 4. The Balaban J connectivity index is 2.06. The molecule has 21 heavy (non-hydrogen) atoms. The van der Waals surface area contributed by atoms with Crippen molar-refractivity contribution in [1.29, 1.82) is 0 Å². The van der Waals surface area contributed by atoms with Crippen LogP contribution in [0.2, 0.25) is 10.0 Å². The van der Waals surface area contributed by atoms with Crippen LogP contribution in [0.4, 0.5) is 0 Å². The second-order valence-corrected chi connectivity index (χ2v) is 8.33. The van der Waals surface area contributed by atoms with Crippen molar-refractivity contribution in [3.05, 3.63) is 28.2 Å². The standard InChI is InChI=1S/C14H19Cl2NO3S/c1-10-8-17(9-11(2)20-10)5-6-21(18,19)14-7-12(15)3-4-13(14)16/h3-4,7,10-11H,5-6,8-9H2,1-2H3/t10-,11-/m0/s1. The van der Waals surface area contributed by atoms with Crippen LogP contribution in [0.5, 0.6) is 0 Å². The number of benzene rings is 1. The first-order valence-corrected chi connectivity index (χ1v) is 9.24. The van der Waals surface area contributed by atoms with E-state index in [0.29, 0.717) is 11.6 Å². The molecule has 1 fully saturated rings. The fourth-order valence-corrected chi connectivity index (χ4v) is 4.64. The minimum absolute atomic E-state index is 0.0203. The second kappa shape index (κ2) is 6.84. The third-order valence-electron chi connectivity index (χ3n) is 3.40. The normalized spacial score (nSPS) is 24.2. The number of halogens is 2. The van der Waals surface area contributed by atoms with Gasteiger partial charge in [0.1, 0.15) is 0 Å². The third kappa shape index (κ3) is 4.57. The van der Waals surface area contributed by atoms with E-state index in [4.69, 9.17) is 27.9 Å². The van der Waals surface area contributed by atoms with Crippen LogP contribution >= 0.6 is 23.2 Å². The summed E-state index contributed by atoms with van der Waals surface area (Å²) in [5.41, 5.74) is 0. The van der Waals surface area contributed by atoms with Crippen LogP contribution in [0, 0.1) is 0 Å². The minimum atomic E-state index is -3.45. The Morgan fingerprint density at radius 1 is 1.24 bits per heavy atom. The van der Waals surface area contributed by atoms with Gasteiger partial charge in [0.15, 0.2) is 9.84 Å². The monoisotopic (exact) mass is 351 g/mol. The van der Waals surface area contributed by atoms with E-state index in [2.05, 4.69) is 4.90 Å². The van der Waals surface area contributed by atoms with E-state index in [1.54, 1.807) is 6.07 Å². The van der Waals surface area contributed by atoms with Crippen molar-refractivity contribution in [1.82, 2.24) is 4.90 Å². The molecule has 1 aliphatic heterocycles. The summed E-state index contributed by atoms with van der Waals surface area (Å²) in [5, 5.41) is 0.578. The molecule has 1 aromatic carbocycles. The maximum atomic E-state index is 12.4. The lowest BCUT2D eigenvalue weighted by Gasteiger charge is -2.35. The van der Waals surface area contributed by atoms with Gasteiger partial charge in [0.25, 0.3) is 0 Å². The van der Waals surface area contributed by atoms with Gasteiger partial charge in [-0.05, 0) is 32.0 Å². The average molecular weight is 352 g/mol. The molecule has 2 atom stereocenters. The highest BCUT2D eigenvalue weighted by Gasteiger charge is 2.25. The average Bonchev–Trinajstić information content (AvgIpc) is 2.38. The molecule has 0 spiro atoms. The maximum Gasteiger partial charge on any atom is 0.181 e. The number of morpholine rings is 1. The van der Waals surface area contributed by atoms with Crippen LogP contribution in [0.3, 0.4) is 0 Å². The quantitative estimate of drug-likeness (QED) is 0.836. The maximum absolute atomic E-state index is 12.4. The van der Waals surface area contributed by atoms with Crippen molar-refractivity contribution in [3.63, 3.8) is 0 Å². The Morgan fingerprint density at radius 3 is 2.48 bits per heavy atom. The zero-order valence-electron chi connectivity index (χ0n) is 12.1. The summed E-state index contributed by atoms with van der Waals surface area (Å²) in [7, 11) is -3.45. The highest BCUT2D eigenvalue weighted by Crippen LogP contribution is 2.26. The molecule has 0 saturated carbocycles. The van der Waals surface area contributed by atoms with Gasteiger partial charge in [-0.15, -0.1) is 0 Å². The zero-order chi connectivity index (χ0) is 15.6. The van der Waals surface area contributed by atoms with Crippen LogP contribution < -0.4 is 0 Å². The van der Waals surface area contributed by atoms with Crippen LogP contribution in [0.25, 0.3) is 0 Å². The number of hydrogen-bond donors (Lipinski definition) is 0. The van der Waals surface area contributed by atoms with E-state index in [-0.39, 0.29) is 27.9 Å². The molecular formula is C14H19Cl2NO3S. The number of rotatable bonds is 4. The first-order chi connectivity index (χ1) is 9.78. The van der Waals surface area contributed by atoms with Gasteiger partial charge < -0.3 is 4.74 Å². The van der Waals surface area contributed by atoms with Gasteiger partial charge in [0, 0.05) is 24.7 Å². The second-order valence-electron chi connectivity index (χ2n) is 5.41. The molecule has 2 rings (SSSR count). The van der Waals surface area contributed by atoms with Gasteiger partial charge in [-0.2, -0.15) is 0 Å². The molecule has 1 saturated heterocycles. The first kappa shape index (κ1) is 17.0. The predicted molar refractivity (Wildman–Crippen MR) is 85.0 cm³/mol. The van der Waals surface area contributed by atoms with Crippen molar-refractivity contribution in [2.24, 2.45) is 0 Å². The SMILES string of the molecule is C[C@H]1CN(CCS(=O)(=O)c2cc(Cl)ccc2Cl)C[C@H](C)O1. The van der Waals surface area contributed by atoms with E-state index < -0.39 is 9.84 Å². The molecule has 1 aliphatic rings. The molecule has 0 unspecified atom stereocenters. The van der Waals surface area contributed by atoms with E-state index >= 15 is 0 Å². The van der Waals surface area contributed by atoms with E-state index in [1.165, 1.54) is 12.1 Å². The molecule has 1 heterocycles. The van der Waals surface area contributed by atoms with Crippen molar-refractivity contribution in [2.45, 2.75) is 31.0 Å². The van der Waals surface area contributed by atoms with E-state index in [9.17, 15) is 8.42 Å². The van der Waals surface area contributed by atoms with Crippen molar-refractivity contribution in [3.8, 4) is 0 Å². The molecule has 0 bridgehead atoms. The summed E-state index contributed by atoms with van der Waals surface area (Å²) < 4.78 is 30.5. The Hall–Kier alpha value is -0.330. The largest absolute Gasteiger partial charge is 0.373 e. The lowest BCUT2D eigenvalue weighted by atomic mass is 10.2. The Bertz CT molecular complexity index is 596. The molecule has 0 amide bonds. The van der Waals surface area contributed by atoms with Crippen LogP contribution in [-0.4, -0.2) is 50.9 Å². The van der Waals surface area contributed by atoms with Crippen LogP contribution in [0.15, 0.2) is 23.1 Å². The smallest absolute Gasteiger partial charge is 0.181 e. The summed E-state index contributed by atoms with van der Waals surface area (Å²) in [4.78, 5) is 2.21. The topological polar surface area (TPSA) is 46.6 Å². The van der Waals surface area contributed by atoms with E-state index in [0.717, 1.165) is 13.1 Å². The van der Waals surface area contributed by atoms with Gasteiger partial charge in [0.05, 0.1) is 27.9 Å². The summed E-state index contributed by atoms with van der Waals surface area (Å²) in [5.74, 6) is 0.0203. The zero-order valence-corrected chi connectivity index (χ0v) is 14.4. The molecule has 0 aromatic heterocycles. The lowest BCUT2D eigenvalue weighted by molar-refractivity contribution is -0.0662. The van der Waals surface area contributed by atoms with Gasteiger partial charge in [0.2, 0.25) is 0 Å². The van der Waals surface area contributed by atoms with Crippen LogP contribution in [0.1, 0.15) is 13.8 Å². The molecule has 0 N–H and O–H groups in total. The van der Waals surface area contributed by atoms with Gasteiger partial charge in [-0.1, -0.05) is 23.2 Å². The Kier molecular flexibility index (Phi) is 5.54. The number of ether oxygens (including phenoxy) is 1. The molecule has 7 heteroatoms. The van der Waals surface area contributed by atoms with Gasteiger partial charge >= 0.3 is 0 Å². The number of nitrogens with zero attached hydrogens (tertiary/aromatic N) is 1. The van der Waals surface area contributed by atoms with Gasteiger partial charge in [-0.3, -0.25) is 4.90 Å². The molecule has 1 aromatic rings. The summed E-state index contributed by atoms with van der Waals surface area (Å²) >= 11 is 11.8. The third-order valence-corrected chi connectivity index (χ3v) is 5.80. The molecule has 0 radical (unpaired) electrons. The number of sulfone groups is 1. The van der Waals surface area contributed by atoms with Crippen LogP contribution in [-0.2, 0) is 14.6 Å².